The molecule has 1 aliphatic carbocycles. The Morgan fingerprint density at radius 3 is 2.52 bits per heavy atom. The van der Waals surface area contributed by atoms with Gasteiger partial charge in [0.1, 0.15) is 6.23 Å². The fraction of sp³-hybridized carbons (Fsp3) is 0.600. The number of nitrogens with zero attached hydrogens (tertiary/aromatic N) is 1. The third-order valence-electron chi connectivity index (χ3n) is 5.32. The Kier molecular flexibility index (Phi) is 7.52. The highest BCUT2D eigenvalue weighted by atomic mass is 19.4. The SMILES string of the molecule is NC(OC(N)C(F)(F)F)c1ccc(C(=O)NC[C@H]2COCCN2C(=O)CC2CC2)cc1. The normalized spacial score (nSPS) is 21.5. The molecule has 1 saturated heterocycles. The predicted molar refractivity (Wildman–Crippen MR) is 104 cm³/mol. The first-order valence-electron chi connectivity index (χ1n) is 10.1. The molecule has 1 aromatic carbocycles. The fourth-order valence-corrected chi connectivity index (χ4v) is 3.29. The number of halogens is 3. The standard InChI is InChI=1S/C20H27F3N4O4/c21-20(22,23)19(25)31-17(24)13-3-5-14(6-4-13)18(29)26-10-15-11-30-8-7-27(15)16(28)9-12-1-2-12/h3-6,12,15,17,19H,1-2,7-11,24-25H2,(H,26,29)/t15-,17?,19?/m0/s1. The van der Waals surface area contributed by atoms with E-state index in [1.165, 1.54) is 24.3 Å². The van der Waals surface area contributed by atoms with Crippen LogP contribution in [0.25, 0.3) is 0 Å². The maximum Gasteiger partial charge on any atom is 0.428 e. The van der Waals surface area contributed by atoms with Crippen molar-refractivity contribution in [2.75, 3.05) is 26.3 Å². The van der Waals surface area contributed by atoms with Gasteiger partial charge in [-0.2, -0.15) is 13.2 Å². The molecule has 2 aliphatic rings. The van der Waals surface area contributed by atoms with Crippen molar-refractivity contribution in [3.05, 3.63) is 35.4 Å². The van der Waals surface area contributed by atoms with E-state index in [1.807, 2.05) is 0 Å². The number of hydrogen-bond donors (Lipinski definition) is 3. The Morgan fingerprint density at radius 1 is 1.23 bits per heavy atom. The zero-order valence-corrected chi connectivity index (χ0v) is 16.9. The zero-order valence-electron chi connectivity index (χ0n) is 16.9. The molecule has 0 spiro atoms. The first kappa shape index (κ1) is 23.5. The average Bonchev–Trinajstić information content (AvgIpc) is 3.55. The first-order valence-corrected chi connectivity index (χ1v) is 10.1. The lowest BCUT2D eigenvalue weighted by Gasteiger charge is -2.35. The molecular formula is C20H27F3N4O4. The number of nitrogens with two attached hydrogens (primary N) is 2. The summed E-state index contributed by atoms with van der Waals surface area (Å²) >= 11 is 0. The van der Waals surface area contributed by atoms with Crippen LogP contribution in [0, 0.1) is 5.92 Å². The second-order valence-electron chi connectivity index (χ2n) is 7.81. The van der Waals surface area contributed by atoms with Gasteiger partial charge in [-0.15, -0.1) is 0 Å². The van der Waals surface area contributed by atoms with Gasteiger partial charge in [-0.3, -0.25) is 15.3 Å². The van der Waals surface area contributed by atoms with E-state index in [0.717, 1.165) is 12.8 Å². The summed E-state index contributed by atoms with van der Waals surface area (Å²) in [7, 11) is 0. The van der Waals surface area contributed by atoms with Crippen molar-refractivity contribution in [3.8, 4) is 0 Å². The van der Waals surface area contributed by atoms with Gasteiger partial charge in [0, 0.05) is 25.1 Å². The van der Waals surface area contributed by atoms with Crippen molar-refractivity contribution in [2.45, 2.75) is 43.9 Å². The van der Waals surface area contributed by atoms with Crippen molar-refractivity contribution >= 4 is 11.8 Å². The summed E-state index contributed by atoms with van der Waals surface area (Å²) in [4.78, 5) is 26.7. The lowest BCUT2D eigenvalue weighted by Crippen LogP contribution is -2.53. The van der Waals surface area contributed by atoms with Crippen molar-refractivity contribution in [2.24, 2.45) is 17.4 Å². The molecule has 31 heavy (non-hydrogen) atoms. The Labute approximate surface area is 178 Å². The second-order valence-corrected chi connectivity index (χ2v) is 7.81. The molecule has 3 rings (SSSR count). The van der Waals surface area contributed by atoms with Gasteiger partial charge in [-0.1, -0.05) is 12.1 Å². The highest BCUT2D eigenvalue weighted by Crippen LogP contribution is 2.33. The molecule has 2 unspecified atom stereocenters. The summed E-state index contributed by atoms with van der Waals surface area (Å²) < 4.78 is 47.5. The van der Waals surface area contributed by atoms with E-state index < -0.39 is 18.6 Å². The van der Waals surface area contributed by atoms with Crippen LogP contribution in [-0.4, -0.2) is 61.5 Å². The summed E-state index contributed by atoms with van der Waals surface area (Å²) in [5.41, 5.74) is 11.1. The van der Waals surface area contributed by atoms with Gasteiger partial charge >= 0.3 is 6.18 Å². The van der Waals surface area contributed by atoms with E-state index in [4.69, 9.17) is 16.2 Å². The summed E-state index contributed by atoms with van der Waals surface area (Å²) in [5.74, 6) is 0.179. The van der Waals surface area contributed by atoms with E-state index in [2.05, 4.69) is 10.1 Å². The van der Waals surface area contributed by atoms with Gasteiger partial charge in [-0.05, 0) is 36.5 Å². The largest absolute Gasteiger partial charge is 0.428 e. The van der Waals surface area contributed by atoms with Gasteiger partial charge in [0.2, 0.25) is 12.1 Å². The number of benzene rings is 1. The van der Waals surface area contributed by atoms with Crippen molar-refractivity contribution < 1.29 is 32.2 Å². The van der Waals surface area contributed by atoms with E-state index in [1.54, 1.807) is 4.90 Å². The summed E-state index contributed by atoms with van der Waals surface area (Å²) in [6, 6.07) is 5.42. The number of morpholine rings is 1. The summed E-state index contributed by atoms with van der Waals surface area (Å²) in [6.07, 6.45) is -5.91. The molecule has 3 atom stereocenters. The maximum atomic E-state index is 12.5. The topological polar surface area (TPSA) is 120 Å². The molecule has 1 heterocycles. The number of rotatable bonds is 8. The van der Waals surface area contributed by atoms with Gasteiger partial charge in [0.25, 0.3) is 5.91 Å². The highest BCUT2D eigenvalue weighted by Gasteiger charge is 2.39. The molecule has 5 N–H and O–H groups in total. The number of carbonyl (C=O) groups excluding carboxylic acids is 2. The number of hydrogen-bond acceptors (Lipinski definition) is 6. The molecule has 1 saturated carbocycles. The van der Waals surface area contributed by atoms with Crippen molar-refractivity contribution in [1.29, 1.82) is 0 Å². The van der Waals surface area contributed by atoms with E-state index in [9.17, 15) is 22.8 Å². The molecule has 11 heteroatoms. The van der Waals surface area contributed by atoms with Crippen LogP contribution >= 0.6 is 0 Å². The van der Waals surface area contributed by atoms with Gasteiger partial charge in [0.05, 0.1) is 19.3 Å². The number of alkyl halides is 3. The molecule has 1 aliphatic heterocycles. The monoisotopic (exact) mass is 444 g/mol. The lowest BCUT2D eigenvalue weighted by atomic mass is 10.1. The molecular weight excluding hydrogens is 417 g/mol. The van der Waals surface area contributed by atoms with Gasteiger partial charge < -0.3 is 25.4 Å². The number of nitrogens with one attached hydrogen (secondary N) is 1. The molecule has 0 bridgehead atoms. The highest BCUT2D eigenvalue weighted by molar-refractivity contribution is 5.94. The molecule has 8 nitrogen and oxygen atoms in total. The van der Waals surface area contributed by atoms with Crippen LogP contribution in [0.2, 0.25) is 0 Å². The molecule has 0 radical (unpaired) electrons. The predicted octanol–water partition coefficient (Wildman–Crippen LogP) is 1.26. The summed E-state index contributed by atoms with van der Waals surface area (Å²) in [5, 5.41) is 2.78. The van der Waals surface area contributed by atoms with Crippen LogP contribution in [0.5, 0.6) is 0 Å². The first-order chi connectivity index (χ1) is 14.6. The minimum atomic E-state index is -4.73. The average molecular weight is 444 g/mol. The third kappa shape index (κ3) is 6.63. The van der Waals surface area contributed by atoms with E-state index in [0.29, 0.717) is 37.7 Å². The Hall–Kier alpha value is -2.21. The fourth-order valence-electron chi connectivity index (χ4n) is 3.29. The second kappa shape index (κ2) is 9.94. The number of amides is 2. The van der Waals surface area contributed by atoms with Crippen LogP contribution in [-0.2, 0) is 14.3 Å². The van der Waals surface area contributed by atoms with Crippen molar-refractivity contribution in [1.82, 2.24) is 10.2 Å². The molecule has 2 fully saturated rings. The van der Waals surface area contributed by atoms with E-state index in [-0.39, 0.29) is 30.0 Å². The smallest absolute Gasteiger partial charge is 0.377 e. The van der Waals surface area contributed by atoms with Crippen LogP contribution in [0.4, 0.5) is 13.2 Å². The van der Waals surface area contributed by atoms with Gasteiger partial charge in [-0.25, -0.2) is 0 Å². The van der Waals surface area contributed by atoms with Crippen LogP contribution < -0.4 is 16.8 Å². The van der Waals surface area contributed by atoms with E-state index >= 15 is 0 Å². The minimum absolute atomic E-state index is 0.0838. The minimum Gasteiger partial charge on any atom is -0.377 e. The van der Waals surface area contributed by atoms with Gasteiger partial charge in [0.15, 0.2) is 0 Å². The van der Waals surface area contributed by atoms with Crippen LogP contribution in [0.15, 0.2) is 24.3 Å². The third-order valence-corrected chi connectivity index (χ3v) is 5.32. The molecule has 2 amide bonds. The zero-order chi connectivity index (χ0) is 22.6. The summed E-state index contributed by atoms with van der Waals surface area (Å²) in [6.45, 7) is 1.56. The Bertz CT molecular complexity index is 771. The molecule has 172 valence electrons. The number of ether oxygens (including phenoxy) is 2. The quantitative estimate of drug-likeness (QED) is 0.520. The van der Waals surface area contributed by atoms with Crippen molar-refractivity contribution in [3.63, 3.8) is 0 Å². The van der Waals surface area contributed by atoms with Crippen LogP contribution in [0.3, 0.4) is 0 Å². The van der Waals surface area contributed by atoms with Crippen LogP contribution in [0.1, 0.15) is 41.4 Å². The Balaban J connectivity index is 1.52. The Morgan fingerprint density at radius 2 is 1.90 bits per heavy atom. The molecule has 0 aromatic heterocycles. The molecule has 1 aromatic rings. The maximum absolute atomic E-state index is 12.5. The number of carbonyl (C=O) groups is 2. The lowest BCUT2D eigenvalue weighted by molar-refractivity contribution is -0.231.